The largest absolute Gasteiger partial charge is 0.321 e. The van der Waals surface area contributed by atoms with Gasteiger partial charge in [-0.15, -0.1) is 11.3 Å². The average Bonchev–Trinajstić information content (AvgIpc) is 2.83. The van der Waals surface area contributed by atoms with Crippen molar-refractivity contribution in [2.24, 2.45) is 0 Å². The van der Waals surface area contributed by atoms with Crippen molar-refractivity contribution in [3.63, 3.8) is 0 Å². The average molecular weight is 375 g/mol. The lowest BCUT2D eigenvalue weighted by atomic mass is 9.95. The summed E-state index contributed by atoms with van der Waals surface area (Å²) in [6, 6.07) is 2.91. The van der Waals surface area contributed by atoms with Gasteiger partial charge in [0.25, 0.3) is 5.91 Å². The molecule has 1 aromatic carbocycles. The molecule has 0 aliphatic rings. The fraction of sp³-hybridized carbons (Fsp3) is 0.316. The van der Waals surface area contributed by atoms with E-state index in [1.165, 1.54) is 11.3 Å². The van der Waals surface area contributed by atoms with Crippen molar-refractivity contribution in [3.8, 4) is 0 Å². The van der Waals surface area contributed by atoms with Crippen molar-refractivity contribution in [2.75, 3.05) is 5.32 Å². The second kappa shape index (κ2) is 6.39. The number of hydrogen-bond donors (Lipinski definition) is 1. The zero-order valence-electron chi connectivity index (χ0n) is 15.2. The first-order chi connectivity index (χ1) is 12.1. The molecule has 0 spiro atoms. The lowest BCUT2D eigenvalue weighted by Gasteiger charge is -2.16. The summed E-state index contributed by atoms with van der Waals surface area (Å²) in [7, 11) is 0. The number of carbonyl (C=O) groups is 1. The number of aromatic nitrogens is 2. The molecule has 0 aliphatic heterocycles. The molecule has 26 heavy (non-hydrogen) atoms. The van der Waals surface area contributed by atoms with Gasteiger partial charge < -0.3 is 5.32 Å². The number of thiophene rings is 1. The number of nitrogens with zero attached hydrogens (tertiary/aromatic N) is 2. The van der Waals surface area contributed by atoms with E-state index in [4.69, 9.17) is 0 Å². The topological polar surface area (TPSA) is 54.9 Å². The van der Waals surface area contributed by atoms with Crippen LogP contribution in [0.1, 0.15) is 47.5 Å². The second-order valence-corrected chi connectivity index (χ2v) is 8.23. The molecule has 1 amide bonds. The van der Waals surface area contributed by atoms with Crippen LogP contribution in [0.25, 0.3) is 10.2 Å². The number of nitrogens with one attached hydrogen (secondary N) is 1. The van der Waals surface area contributed by atoms with Gasteiger partial charge in [-0.3, -0.25) is 4.79 Å². The molecular weight excluding hydrogens is 356 g/mol. The monoisotopic (exact) mass is 375 g/mol. The maximum atomic E-state index is 13.3. The Balaban J connectivity index is 2.03. The van der Waals surface area contributed by atoms with Gasteiger partial charge in [0.2, 0.25) is 0 Å². The van der Waals surface area contributed by atoms with Gasteiger partial charge in [0, 0.05) is 22.6 Å². The van der Waals surface area contributed by atoms with Gasteiger partial charge in [0.1, 0.15) is 22.3 Å². The number of hydrogen-bond acceptors (Lipinski definition) is 4. The summed E-state index contributed by atoms with van der Waals surface area (Å²) < 4.78 is 26.7. The molecule has 0 saturated heterocycles. The molecule has 0 unspecified atom stereocenters. The van der Waals surface area contributed by atoms with Gasteiger partial charge in [-0.25, -0.2) is 18.7 Å². The molecule has 0 fully saturated rings. The molecule has 0 atom stereocenters. The van der Waals surface area contributed by atoms with Crippen LogP contribution < -0.4 is 5.32 Å². The van der Waals surface area contributed by atoms with Crippen LogP contribution >= 0.6 is 11.3 Å². The van der Waals surface area contributed by atoms with Crippen molar-refractivity contribution in [1.82, 2.24) is 9.97 Å². The normalized spacial score (nSPS) is 11.8. The van der Waals surface area contributed by atoms with Gasteiger partial charge in [-0.1, -0.05) is 20.8 Å². The highest BCUT2D eigenvalue weighted by Gasteiger charge is 2.23. The summed E-state index contributed by atoms with van der Waals surface area (Å²) in [5.74, 6) is -1.20. The maximum Gasteiger partial charge on any atom is 0.266 e. The van der Waals surface area contributed by atoms with E-state index in [-0.39, 0.29) is 11.1 Å². The summed E-state index contributed by atoms with van der Waals surface area (Å²) >= 11 is 1.25. The van der Waals surface area contributed by atoms with E-state index < -0.39 is 17.5 Å². The minimum absolute atomic E-state index is 0.0718. The van der Waals surface area contributed by atoms with Crippen LogP contribution in [0, 0.1) is 25.5 Å². The summed E-state index contributed by atoms with van der Waals surface area (Å²) in [6.07, 6.45) is 0. The van der Waals surface area contributed by atoms with Crippen molar-refractivity contribution in [1.29, 1.82) is 0 Å². The van der Waals surface area contributed by atoms with Crippen LogP contribution in [-0.4, -0.2) is 15.9 Å². The Kier molecular flexibility index (Phi) is 4.52. The van der Waals surface area contributed by atoms with Crippen LogP contribution in [0.2, 0.25) is 0 Å². The molecule has 0 bridgehead atoms. The molecule has 136 valence electrons. The quantitative estimate of drug-likeness (QED) is 0.675. The lowest BCUT2D eigenvalue weighted by molar-refractivity contribution is 0.103. The number of fused-ring (bicyclic) bond motifs is 1. The highest BCUT2D eigenvalue weighted by molar-refractivity contribution is 7.20. The summed E-state index contributed by atoms with van der Waals surface area (Å²) in [5, 5.41) is 3.40. The molecule has 7 heteroatoms. The third-order valence-corrected chi connectivity index (χ3v) is 5.15. The number of halogens is 2. The Hall–Kier alpha value is -2.41. The number of anilines is 1. The Morgan fingerprint density at radius 1 is 1.08 bits per heavy atom. The van der Waals surface area contributed by atoms with Crippen LogP contribution in [0.15, 0.2) is 18.2 Å². The zero-order valence-corrected chi connectivity index (χ0v) is 16.0. The van der Waals surface area contributed by atoms with E-state index in [0.717, 1.165) is 39.7 Å². The molecule has 2 aromatic heterocycles. The first kappa shape index (κ1) is 18.4. The Morgan fingerprint density at radius 3 is 2.27 bits per heavy atom. The van der Waals surface area contributed by atoms with Crippen molar-refractivity contribution >= 4 is 33.1 Å². The molecule has 3 rings (SSSR count). The smallest absolute Gasteiger partial charge is 0.266 e. The summed E-state index contributed by atoms with van der Waals surface area (Å²) in [6.45, 7) is 9.80. The lowest BCUT2D eigenvalue weighted by Crippen LogP contribution is -2.16. The maximum absolute atomic E-state index is 13.3. The Bertz CT molecular complexity index is 1000. The van der Waals surface area contributed by atoms with Crippen LogP contribution in [0.3, 0.4) is 0 Å². The highest BCUT2D eigenvalue weighted by atomic mass is 32.1. The molecule has 0 radical (unpaired) electrons. The minimum atomic E-state index is -0.745. The van der Waals surface area contributed by atoms with Crippen LogP contribution in [0.4, 0.5) is 14.5 Å². The minimum Gasteiger partial charge on any atom is -0.321 e. The fourth-order valence-electron chi connectivity index (χ4n) is 2.70. The fourth-order valence-corrected chi connectivity index (χ4v) is 3.83. The number of rotatable bonds is 2. The van der Waals surface area contributed by atoms with Gasteiger partial charge >= 0.3 is 0 Å². The molecular formula is C19H19F2N3OS. The predicted octanol–water partition coefficient (Wildman–Crippen LogP) is 5.14. The Labute approximate surface area is 154 Å². The SMILES string of the molecule is Cc1nc(C(C)(C)C)nc2sc(C(=O)Nc3cc(F)cc(F)c3)c(C)c12. The first-order valence-corrected chi connectivity index (χ1v) is 8.93. The molecule has 3 aromatic rings. The van der Waals surface area contributed by atoms with Gasteiger partial charge in [0.05, 0.1) is 10.6 Å². The molecule has 1 N–H and O–H groups in total. The van der Waals surface area contributed by atoms with Gasteiger partial charge in [-0.2, -0.15) is 0 Å². The molecule has 4 nitrogen and oxygen atoms in total. The zero-order chi connectivity index (χ0) is 19.2. The van der Waals surface area contributed by atoms with Crippen LogP contribution in [-0.2, 0) is 5.41 Å². The highest BCUT2D eigenvalue weighted by Crippen LogP contribution is 2.33. The Morgan fingerprint density at radius 2 is 1.69 bits per heavy atom. The molecule has 0 saturated carbocycles. The van der Waals surface area contributed by atoms with Gasteiger partial charge in [-0.05, 0) is 31.5 Å². The van der Waals surface area contributed by atoms with E-state index >= 15 is 0 Å². The first-order valence-electron chi connectivity index (χ1n) is 8.12. The third-order valence-electron chi connectivity index (χ3n) is 3.97. The van der Waals surface area contributed by atoms with E-state index in [1.54, 1.807) is 0 Å². The van der Waals surface area contributed by atoms with Crippen molar-refractivity contribution in [2.45, 2.75) is 40.0 Å². The molecule has 0 aliphatic carbocycles. The number of amides is 1. The van der Waals surface area contributed by atoms with E-state index in [0.29, 0.717) is 10.7 Å². The van der Waals surface area contributed by atoms with Crippen molar-refractivity contribution in [3.05, 3.63) is 51.8 Å². The van der Waals surface area contributed by atoms with E-state index in [1.807, 2.05) is 34.6 Å². The van der Waals surface area contributed by atoms with Crippen molar-refractivity contribution < 1.29 is 13.6 Å². The second-order valence-electron chi connectivity index (χ2n) is 7.23. The molecule has 2 heterocycles. The number of benzene rings is 1. The van der Waals surface area contributed by atoms with E-state index in [9.17, 15) is 13.6 Å². The standard InChI is InChI=1S/C19H19F2N3OS/c1-9-14-10(2)22-18(19(3,4)5)24-17(14)26-15(9)16(25)23-13-7-11(20)6-12(21)8-13/h6-8H,1-5H3,(H,23,25). The summed E-state index contributed by atoms with van der Waals surface area (Å²) in [4.78, 5) is 23.0. The van der Waals surface area contributed by atoms with Gasteiger partial charge in [0.15, 0.2) is 0 Å². The third kappa shape index (κ3) is 3.44. The van der Waals surface area contributed by atoms with Crippen LogP contribution in [0.5, 0.6) is 0 Å². The summed E-state index contributed by atoms with van der Waals surface area (Å²) in [5.41, 5.74) is 1.43. The number of carbonyl (C=O) groups excluding carboxylic acids is 1. The predicted molar refractivity (Wildman–Crippen MR) is 99.9 cm³/mol. The number of aryl methyl sites for hydroxylation is 2. The van der Waals surface area contributed by atoms with E-state index in [2.05, 4.69) is 15.3 Å².